The summed E-state index contributed by atoms with van der Waals surface area (Å²) in [6, 6.07) is 33.1. The van der Waals surface area contributed by atoms with Gasteiger partial charge in [0.05, 0.1) is 7.11 Å². The first kappa shape index (κ1) is 26.2. The summed E-state index contributed by atoms with van der Waals surface area (Å²) in [5, 5.41) is 4.34. The maximum Gasteiger partial charge on any atom is 0.220 e. The van der Waals surface area contributed by atoms with Crippen molar-refractivity contribution in [2.24, 2.45) is 0 Å². The SMILES string of the molecule is COc1ccc(Cn2cc([C@@H](CC(=O)NCCc3ccccn3)[C@H](C)c3ccccc3)c3ccccc32)cc1. The summed E-state index contributed by atoms with van der Waals surface area (Å²) in [6.07, 6.45) is 5.16. The molecule has 5 rings (SSSR count). The Morgan fingerprint density at radius 3 is 2.41 bits per heavy atom. The zero-order valence-corrected chi connectivity index (χ0v) is 22.6. The number of hydrogen-bond acceptors (Lipinski definition) is 3. The summed E-state index contributed by atoms with van der Waals surface area (Å²) in [4.78, 5) is 17.7. The number of nitrogens with zero attached hydrogens (tertiary/aromatic N) is 2. The Balaban J connectivity index is 1.43. The van der Waals surface area contributed by atoms with Crippen molar-refractivity contribution in [3.05, 3.63) is 132 Å². The second-order valence-electron chi connectivity index (χ2n) is 10.0. The van der Waals surface area contributed by atoms with Gasteiger partial charge in [-0.05, 0) is 52.9 Å². The van der Waals surface area contributed by atoms with Crippen molar-refractivity contribution in [2.75, 3.05) is 13.7 Å². The van der Waals surface area contributed by atoms with Gasteiger partial charge in [-0.3, -0.25) is 9.78 Å². The number of benzene rings is 3. The molecule has 5 nitrogen and oxygen atoms in total. The fourth-order valence-electron chi connectivity index (χ4n) is 5.32. The molecule has 0 fully saturated rings. The lowest BCUT2D eigenvalue weighted by Gasteiger charge is -2.24. The molecule has 1 N–H and O–H groups in total. The van der Waals surface area contributed by atoms with Crippen LogP contribution in [0, 0.1) is 0 Å². The highest BCUT2D eigenvalue weighted by Crippen LogP contribution is 2.40. The van der Waals surface area contributed by atoms with E-state index >= 15 is 0 Å². The number of hydrogen-bond donors (Lipinski definition) is 1. The summed E-state index contributed by atoms with van der Waals surface area (Å²) >= 11 is 0. The summed E-state index contributed by atoms with van der Waals surface area (Å²) in [5.41, 5.74) is 5.78. The smallest absolute Gasteiger partial charge is 0.220 e. The molecule has 3 aromatic carbocycles. The maximum atomic E-state index is 13.3. The average Bonchev–Trinajstić information content (AvgIpc) is 3.35. The molecule has 0 aliphatic carbocycles. The first-order valence-electron chi connectivity index (χ1n) is 13.5. The van der Waals surface area contributed by atoms with Crippen LogP contribution in [0.5, 0.6) is 5.75 Å². The normalized spacial score (nSPS) is 12.7. The van der Waals surface area contributed by atoms with Gasteiger partial charge in [-0.2, -0.15) is 0 Å². The van der Waals surface area contributed by atoms with Gasteiger partial charge in [-0.1, -0.05) is 73.7 Å². The van der Waals surface area contributed by atoms with Gasteiger partial charge in [0.2, 0.25) is 5.91 Å². The molecule has 5 heteroatoms. The van der Waals surface area contributed by atoms with Crippen LogP contribution in [0.1, 0.15) is 47.6 Å². The van der Waals surface area contributed by atoms with Gasteiger partial charge in [0, 0.05) is 60.8 Å². The highest BCUT2D eigenvalue weighted by molar-refractivity contribution is 5.86. The number of ether oxygens (including phenoxy) is 1. The lowest BCUT2D eigenvalue weighted by molar-refractivity contribution is -0.121. The third-order valence-corrected chi connectivity index (χ3v) is 7.49. The molecule has 2 aromatic heterocycles. The fraction of sp³-hybridized carbons (Fsp3) is 0.235. The zero-order chi connectivity index (χ0) is 27.0. The molecule has 0 aliphatic heterocycles. The minimum Gasteiger partial charge on any atom is -0.497 e. The van der Waals surface area contributed by atoms with Crippen LogP contribution in [0.2, 0.25) is 0 Å². The molecule has 0 aliphatic rings. The van der Waals surface area contributed by atoms with E-state index in [0.29, 0.717) is 19.4 Å². The van der Waals surface area contributed by atoms with Crippen LogP contribution in [0.15, 0.2) is 109 Å². The Morgan fingerprint density at radius 1 is 0.923 bits per heavy atom. The number of carbonyl (C=O) groups excluding carboxylic acids is 1. The third kappa shape index (κ3) is 6.37. The molecule has 5 aromatic rings. The van der Waals surface area contributed by atoms with Crippen LogP contribution in [0.3, 0.4) is 0 Å². The molecule has 198 valence electrons. The van der Waals surface area contributed by atoms with E-state index in [4.69, 9.17) is 4.74 Å². The summed E-state index contributed by atoms with van der Waals surface area (Å²) in [5.74, 6) is 1.09. The number of para-hydroxylation sites is 1. The van der Waals surface area contributed by atoms with E-state index in [1.807, 2.05) is 36.4 Å². The summed E-state index contributed by atoms with van der Waals surface area (Å²) < 4.78 is 7.64. The molecule has 0 saturated carbocycles. The van der Waals surface area contributed by atoms with Crippen molar-refractivity contribution in [1.82, 2.24) is 14.9 Å². The van der Waals surface area contributed by atoms with Crippen molar-refractivity contribution in [1.29, 1.82) is 0 Å². The Hall–Kier alpha value is -4.38. The fourth-order valence-corrected chi connectivity index (χ4v) is 5.32. The minimum atomic E-state index is 0.0178. The van der Waals surface area contributed by atoms with Crippen molar-refractivity contribution >= 4 is 16.8 Å². The van der Waals surface area contributed by atoms with Crippen LogP contribution in [-0.4, -0.2) is 29.1 Å². The Bertz CT molecular complexity index is 1490. The lowest BCUT2D eigenvalue weighted by atomic mass is 9.80. The molecule has 39 heavy (non-hydrogen) atoms. The van der Waals surface area contributed by atoms with E-state index in [1.54, 1.807) is 13.3 Å². The zero-order valence-electron chi connectivity index (χ0n) is 22.6. The van der Waals surface area contributed by atoms with E-state index in [2.05, 4.69) is 88.7 Å². The maximum absolute atomic E-state index is 13.3. The minimum absolute atomic E-state index is 0.0178. The van der Waals surface area contributed by atoms with Gasteiger partial charge in [-0.15, -0.1) is 0 Å². The molecule has 0 bridgehead atoms. The highest BCUT2D eigenvalue weighted by Gasteiger charge is 2.27. The van der Waals surface area contributed by atoms with Crippen molar-refractivity contribution in [3.63, 3.8) is 0 Å². The predicted molar refractivity (Wildman–Crippen MR) is 157 cm³/mol. The summed E-state index contributed by atoms with van der Waals surface area (Å²) in [6.45, 7) is 3.55. The third-order valence-electron chi connectivity index (χ3n) is 7.49. The summed E-state index contributed by atoms with van der Waals surface area (Å²) in [7, 11) is 1.68. The average molecular weight is 518 g/mol. The van der Waals surface area contributed by atoms with Crippen LogP contribution in [0.25, 0.3) is 10.9 Å². The van der Waals surface area contributed by atoms with E-state index in [9.17, 15) is 4.79 Å². The van der Waals surface area contributed by atoms with Crippen molar-refractivity contribution < 1.29 is 9.53 Å². The molecule has 0 spiro atoms. The Kier molecular flexibility index (Phi) is 8.37. The number of nitrogens with one attached hydrogen (secondary N) is 1. The van der Waals surface area contributed by atoms with E-state index in [-0.39, 0.29) is 17.7 Å². The number of pyridine rings is 1. The molecular formula is C34H35N3O2. The Morgan fingerprint density at radius 2 is 1.67 bits per heavy atom. The van der Waals surface area contributed by atoms with Crippen molar-refractivity contribution in [3.8, 4) is 5.75 Å². The van der Waals surface area contributed by atoms with Crippen LogP contribution in [-0.2, 0) is 17.8 Å². The molecule has 2 atom stereocenters. The predicted octanol–water partition coefficient (Wildman–Crippen LogP) is 6.73. The highest BCUT2D eigenvalue weighted by atomic mass is 16.5. The molecule has 0 saturated heterocycles. The standard InChI is InChI=1S/C34H35N3O2/c1-25(27-10-4-3-5-11-27)31(22-34(38)36-21-19-28-12-8-9-20-35-28)32-24-37(33-14-7-6-13-30(32)33)23-26-15-17-29(39-2)18-16-26/h3-18,20,24-25,31H,19,21-23H2,1-2H3,(H,36,38)/t25-,31+/m1/s1. The number of fused-ring (bicyclic) bond motifs is 1. The van der Waals surface area contributed by atoms with Gasteiger partial charge < -0.3 is 14.6 Å². The van der Waals surface area contributed by atoms with E-state index in [0.717, 1.165) is 18.0 Å². The quantitative estimate of drug-likeness (QED) is 0.211. The molecule has 0 radical (unpaired) electrons. The van der Waals surface area contributed by atoms with E-state index < -0.39 is 0 Å². The van der Waals surface area contributed by atoms with Crippen LogP contribution < -0.4 is 10.1 Å². The Labute approximate surface area is 230 Å². The van der Waals surface area contributed by atoms with Gasteiger partial charge in [-0.25, -0.2) is 0 Å². The lowest BCUT2D eigenvalue weighted by Crippen LogP contribution is -2.28. The van der Waals surface area contributed by atoms with Crippen molar-refractivity contribution in [2.45, 2.75) is 38.1 Å². The van der Waals surface area contributed by atoms with Gasteiger partial charge in [0.1, 0.15) is 5.75 Å². The molecule has 1 amide bonds. The number of amides is 1. The molecule has 0 unspecified atom stereocenters. The number of carbonyl (C=O) groups is 1. The number of methoxy groups -OCH3 is 1. The topological polar surface area (TPSA) is 56.1 Å². The molecular weight excluding hydrogens is 482 g/mol. The second kappa shape index (κ2) is 12.4. The first-order valence-corrected chi connectivity index (χ1v) is 13.5. The van der Waals surface area contributed by atoms with Gasteiger partial charge >= 0.3 is 0 Å². The van der Waals surface area contributed by atoms with E-state index in [1.165, 1.54) is 27.6 Å². The van der Waals surface area contributed by atoms with Crippen LogP contribution in [0.4, 0.5) is 0 Å². The van der Waals surface area contributed by atoms with Crippen LogP contribution >= 0.6 is 0 Å². The second-order valence-corrected chi connectivity index (χ2v) is 10.0. The first-order chi connectivity index (χ1) is 19.1. The molecule has 2 heterocycles. The van der Waals surface area contributed by atoms with Gasteiger partial charge in [0.25, 0.3) is 0 Å². The number of rotatable bonds is 11. The largest absolute Gasteiger partial charge is 0.497 e. The number of aromatic nitrogens is 2. The monoisotopic (exact) mass is 517 g/mol. The van der Waals surface area contributed by atoms with Gasteiger partial charge in [0.15, 0.2) is 0 Å².